The number of ether oxygens (including phenoxy) is 1. The van der Waals surface area contributed by atoms with E-state index < -0.39 is 0 Å². The molecule has 1 aliphatic heterocycles. The lowest BCUT2D eigenvalue weighted by molar-refractivity contribution is 0.388. The van der Waals surface area contributed by atoms with E-state index in [2.05, 4.69) is 24.1 Å². The molecular formula is C14H22N2O. The smallest absolute Gasteiger partial charge is 0.129 e. The first-order valence-corrected chi connectivity index (χ1v) is 6.15. The van der Waals surface area contributed by atoms with E-state index in [9.17, 15) is 0 Å². The predicted octanol–water partition coefficient (Wildman–Crippen LogP) is 2.27. The van der Waals surface area contributed by atoms with Crippen LogP contribution >= 0.6 is 0 Å². The van der Waals surface area contributed by atoms with Gasteiger partial charge in [-0.25, -0.2) is 0 Å². The number of anilines is 1. The van der Waals surface area contributed by atoms with Crippen LogP contribution in [0.1, 0.15) is 31.4 Å². The summed E-state index contributed by atoms with van der Waals surface area (Å²) >= 11 is 0. The molecule has 1 aromatic rings. The first-order chi connectivity index (χ1) is 7.95. The first-order valence-electron chi connectivity index (χ1n) is 6.15. The van der Waals surface area contributed by atoms with E-state index in [0.717, 1.165) is 24.3 Å². The molecule has 3 heteroatoms. The lowest BCUT2D eigenvalue weighted by Crippen LogP contribution is -2.31. The van der Waals surface area contributed by atoms with Crippen LogP contribution in [0.5, 0.6) is 5.75 Å². The number of hydrogen-bond donors (Lipinski definition) is 1. The highest BCUT2D eigenvalue weighted by molar-refractivity contribution is 5.64. The molecule has 1 aliphatic rings. The van der Waals surface area contributed by atoms with Gasteiger partial charge in [-0.2, -0.15) is 0 Å². The van der Waals surface area contributed by atoms with Crippen LogP contribution in [0.3, 0.4) is 0 Å². The van der Waals surface area contributed by atoms with Crippen molar-refractivity contribution in [3.8, 4) is 5.75 Å². The molecule has 17 heavy (non-hydrogen) atoms. The van der Waals surface area contributed by atoms with E-state index in [1.165, 1.54) is 17.7 Å². The second-order valence-corrected chi connectivity index (χ2v) is 5.39. The Labute approximate surface area is 104 Å². The van der Waals surface area contributed by atoms with Crippen molar-refractivity contribution in [1.82, 2.24) is 0 Å². The summed E-state index contributed by atoms with van der Waals surface area (Å²) in [7, 11) is 3.87. The minimum atomic E-state index is -0.365. The average Bonchev–Trinajstić information content (AvgIpc) is 2.26. The molecule has 2 N–H and O–H groups in total. The molecule has 0 aromatic heterocycles. The van der Waals surface area contributed by atoms with E-state index in [0.29, 0.717) is 0 Å². The van der Waals surface area contributed by atoms with Gasteiger partial charge in [0.15, 0.2) is 0 Å². The average molecular weight is 234 g/mol. The summed E-state index contributed by atoms with van der Waals surface area (Å²) < 4.78 is 5.61. The molecule has 0 amide bonds. The fourth-order valence-corrected chi connectivity index (χ4v) is 2.57. The van der Waals surface area contributed by atoms with Crippen LogP contribution in [0, 0.1) is 0 Å². The molecule has 1 heterocycles. The summed E-state index contributed by atoms with van der Waals surface area (Å²) in [6, 6.07) is 4.26. The number of hydrogen-bond acceptors (Lipinski definition) is 3. The van der Waals surface area contributed by atoms with E-state index >= 15 is 0 Å². The topological polar surface area (TPSA) is 38.5 Å². The molecule has 0 radical (unpaired) electrons. The molecule has 3 nitrogen and oxygen atoms in total. The zero-order valence-corrected chi connectivity index (χ0v) is 11.2. The molecule has 0 saturated carbocycles. The Hall–Kier alpha value is -1.22. The second-order valence-electron chi connectivity index (χ2n) is 5.39. The molecule has 0 aliphatic carbocycles. The molecule has 0 spiro atoms. The molecule has 0 fully saturated rings. The van der Waals surface area contributed by atoms with E-state index in [1.807, 2.05) is 13.8 Å². The molecular weight excluding hydrogens is 212 g/mol. The summed E-state index contributed by atoms with van der Waals surface area (Å²) in [6.45, 7) is 5.15. The molecule has 0 atom stereocenters. The highest BCUT2D eigenvalue weighted by Crippen LogP contribution is 2.39. The second kappa shape index (κ2) is 4.22. The fourth-order valence-electron chi connectivity index (χ4n) is 2.57. The lowest BCUT2D eigenvalue weighted by atomic mass is 9.89. The first kappa shape index (κ1) is 12.2. The van der Waals surface area contributed by atoms with Crippen molar-refractivity contribution < 1.29 is 4.74 Å². The van der Waals surface area contributed by atoms with Gasteiger partial charge in [0.25, 0.3) is 0 Å². The Morgan fingerprint density at radius 3 is 2.65 bits per heavy atom. The highest BCUT2D eigenvalue weighted by atomic mass is 16.5. The minimum Gasteiger partial charge on any atom is -0.496 e. The summed E-state index contributed by atoms with van der Waals surface area (Å²) in [4.78, 5) is 2.29. The van der Waals surface area contributed by atoms with Crippen molar-refractivity contribution in [2.24, 2.45) is 5.73 Å². The molecule has 1 aromatic carbocycles. The van der Waals surface area contributed by atoms with Gasteiger partial charge in [-0.05, 0) is 32.8 Å². The van der Waals surface area contributed by atoms with Gasteiger partial charge in [0, 0.05) is 35.9 Å². The number of benzene rings is 1. The quantitative estimate of drug-likeness (QED) is 0.853. The Kier molecular flexibility index (Phi) is 3.04. The van der Waals surface area contributed by atoms with Crippen LogP contribution in [-0.2, 0) is 12.0 Å². The van der Waals surface area contributed by atoms with Gasteiger partial charge in [0.05, 0.1) is 7.11 Å². The highest BCUT2D eigenvalue weighted by Gasteiger charge is 2.25. The van der Waals surface area contributed by atoms with Gasteiger partial charge < -0.3 is 15.4 Å². The van der Waals surface area contributed by atoms with Crippen molar-refractivity contribution in [3.63, 3.8) is 0 Å². The van der Waals surface area contributed by atoms with Gasteiger partial charge in [-0.1, -0.05) is 6.07 Å². The van der Waals surface area contributed by atoms with Crippen molar-refractivity contribution in [3.05, 3.63) is 23.3 Å². The largest absolute Gasteiger partial charge is 0.496 e. The van der Waals surface area contributed by atoms with Crippen LogP contribution in [0.2, 0.25) is 0 Å². The summed E-state index contributed by atoms with van der Waals surface area (Å²) in [5.74, 6) is 0.974. The van der Waals surface area contributed by atoms with Crippen LogP contribution < -0.4 is 15.4 Å². The monoisotopic (exact) mass is 234 g/mol. The fraction of sp³-hybridized carbons (Fsp3) is 0.571. The number of methoxy groups -OCH3 is 1. The van der Waals surface area contributed by atoms with Crippen molar-refractivity contribution in [2.75, 3.05) is 25.6 Å². The van der Waals surface area contributed by atoms with Crippen molar-refractivity contribution in [2.45, 2.75) is 32.2 Å². The third-order valence-electron chi connectivity index (χ3n) is 3.47. The van der Waals surface area contributed by atoms with E-state index in [1.54, 1.807) is 7.11 Å². The third-order valence-corrected chi connectivity index (χ3v) is 3.47. The van der Waals surface area contributed by atoms with Gasteiger partial charge in [-0.3, -0.25) is 0 Å². The summed E-state index contributed by atoms with van der Waals surface area (Å²) in [6.07, 6.45) is 2.25. The molecule has 0 saturated heterocycles. The number of rotatable bonds is 2. The molecule has 0 unspecified atom stereocenters. The Morgan fingerprint density at radius 2 is 2.06 bits per heavy atom. The van der Waals surface area contributed by atoms with Gasteiger partial charge in [-0.15, -0.1) is 0 Å². The van der Waals surface area contributed by atoms with Crippen LogP contribution in [0.25, 0.3) is 0 Å². The lowest BCUT2D eigenvalue weighted by Gasteiger charge is -2.32. The van der Waals surface area contributed by atoms with Gasteiger partial charge >= 0.3 is 0 Å². The predicted molar refractivity (Wildman–Crippen MR) is 71.8 cm³/mol. The third kappa shape index (κ3) is 2.12. The SMILES string of the molecule is COc1c(C(C)(C)N)ccc2c1CCCN2C. The Balaban J connectivity index is 2.60. The maximum atomic E-state index is 6.21. The van der Waals surface area contributed by atoms with E-state index in [4.69, 9.17) is 10.5 Å². The molecule has 2 rings (SSSR count). The maximum Gasteiger partial charge on any atom is 0.129 e. The summed E-state index contributed by atoms with van der Waals surface area (Å²) in [5, 5.41) is 0. The van der Waals surface area contributed by atoms with E-state index in [-0.39, 0.29) is 5.54 Å². The molecule has 0 bridgehead atoms. The minimum absolute atomic E-state index is 0.365. The van der Waals surface area contributed by atoms with Gasteiger partial charge in [0.1, 0.15) is 5.75 Å². The van der Waals surface area contributed by atoms with Crippen LogP contribution in [0.15, 0.2) is 12.1 Å². The normalized spacial score (nSPS) is 15.7. The van der Waals surface area contributed by atoms with Gasteiger partial charge in [0.2, 0.25) is 0 Å². The van der Waals surface area contributed by atoms with Crippen molar-refractivity contribution in [1.29, 1.82) is 0 Å². The Morgan fingerprint density at radius 1 is 1.35 bits per heavy atom. The number of nitrogens with zero attached hydrogens (tertiary/aromatic N) is 1. The van der Waals surface area contributed by atoms with Crippen LogP contribution in [0.4, 0.5) is 5.69 Å². The Bertz CT molecular complexity index is 421. The number of fused-ring (bicyclic) bond motifs is 1. The zero-order chi connectivity index (χ0) is 12.6. The number of nitrogens with two attached hydrogens (primary N) is 1. The standard InChI is InChI=1S/C14H22N2O/c1-14(2,15)11-7-8-12-10(13(11)17-4)6-5-9-16(12)3/h7-8H,5-6,9,15H2,1-4H3. The maximum absolute atomic E-state index is 6.21. The molecule has 94 valence electrons. The summed E-state index contributed by atoms with van der Waals surface area (Å²) in [5.41, 5.74) is 9.52. The van der Waals surface area contributed by atoms with Crippen molar-refractivity contribution >= 4 is 5.69 Å². The zero-order valence-electron chi connectivity index (χ0n) is 11.2. The van der Waals surface area contributed by atoms with Crippen LogP contribution in [-0.4, -0.2) is 20.7 Å².